The maximum Gasteiger partial charge on any atom is 0.127 e. The van der Waals surface area contributed by atoms with Crippen molar-refractivity contribution in [3.8, 4) is 50.6 Å². The molecule has 0 saturated heterocycles. The monoisotopic (exact) mass is 747 g/mol. The minimum Gasteiger partial charge on any atom is -0.507 e. The molecule has 44 heavy (non-hydrogen) atoms. The molecule has 212 valence electrons. The quantitative estimate of drug-likeness (QED) is 0.144. The van der Waals surface area contributed by atoms with E-state index in [2.05, 4.69) is 34.5 Å². The van der Waals surface area contributed by atoms with Crippen molar-refractivity contribution in [1.82, 2.24) is 25.1 Å². The van der Waals surface area contributed by atoms with Crippen LogP contribution in [0.5, 0.6) is 5.75 Å². The van der Waals surface area contributed by atoms with E-state index in [9.17, 15) is 5.11 Å². The number of nitrogens with zero attached hydrogens (tertiary/aromatic N) is 5. The largest absolute Gasteiger partial charge is 0.507 e. The van der Waals surface area contributed by atoms with Gasteiger partial charge in [-0.15, -0.1) is 24.3 Å². The molecule has 3 heterocycles. The zero-order valence-electron chi connectivity index (χ0n) is 23.1. The summed E-state index contributed by atoms with van der Waals surface area (Å²) in [6.45, 7) is 0. The fourth-order valence-electron chi connectivity index (χ4n) is 5.45. The van der Waals surface area contributed by atoms with Crippen LogP contribution in [0.3, 0.4) is 0 Å². The van der Waals surface area contributed by atoms with E-state index in [1.165, 1.54) is 0 Å². The standard InChI is InChI=1S/C37H22N5O.Pt/c43-36-21-35-34(39-30-15-6-7-16-31(30)40-35)20-29(36)33-19-27(23-9-2-1-3-10-23)18-32(41-33)24-12-8-13-25(17-24)37-28-14-5-4-11-26(28)22-38-42-37;/h1-16,18-22,43H;/q-1;. The molecule has 5 aromatic carbocycles. The van der Waals surface area contributed by atoms with Gasteiger partial charge >= 0.3 is 0 Å². The Hall–Kier alpha value is -5.32. The van der Waals surface area contributed by atoms with Gasteiger partial charge in [0.25, 0.3) is 0 Å². The van der Waals surface area contributed by atoms with Crippen molar-refractivity contribution in [3.63, 3.8) is 0 Å². The molecule has 1 N–H and O–H groups in total. The predicted octanol–water partition coefficient (Wildman–Crippen LogP) is 8.29. The SMILES string of the molecule is Oc1cc2nc3ccccc3nc2cc1-c1cc(-c2ccccc2)cc(-c2[c-]c(-c3nncc4ccccc34)ccc2)n1.[Pt]. The molecule has 0 radical (unpaired) electrons. The van der Waals surface area contributed by atoms with Crippen molar-refractivity contribution in [2.45, 2.75) is 0 Å². The second-order valence-corrected chi connectivity index (χ2v) is 10.3. The van der Waals surface area contributed by atoms with Crippen LogP contribution >= 0.6 is 0 Å². The predicted molar refractivity (Wildman–Crippen MR) is 170 cm³/mol. The number of hydrogen-bond acceptors (Lipinski definition) is 6. The van der Waals surface area contributed by atoms with Gasteiger partial charge in [0.15, 0.2) is 0 Å². The zero-order chi connectivity index (χ0) is 28.8. The molecule has 0 amide bonds. The molecular weight excluding hydrogens is 726 g/mol. The van der Waals surface area contributed by atoms with Crippen molar-refractivity contribution in [1.29, 1.82) is 0 Å². The summed E-state index contributed by atoms with van der Waals surface area (Å²) in [6, 6.07) is 43.0. The van der Waals surface area contributed by atoms with Crippen LogP contribution in [0.15, 0.2) is 128 Å². The van der Waals surface area contributed by atoms with E-state index in [0.717, 1.165) is 55.4 Å². The van der Waals surface area contributed by atoms with E-state index in [1.54, 1.807) is 12.3 Å². The minimum absolute atomic E-state index is 0. The molecule has 6 nitrogen and oxygen atoms in total. The Balaban J connectivity index is 0.00000312. The van der Waals surface area contributed by atoms with Crippen LogP contribution in [0.4, 0.5) is 0 Å². The van der Waals surface area contributed by atoms with Gasteiger partial charge in [-0.25, -0.2) is 9.97 Å². The Morgan fingerprint density at radius 3 is 2.05 bits per heavy atom. The molecule has 0 aliphatic heterocycles. The van der Waals surface area contributed by atoms with Crippen molar-refractivity contribution < 1.29 is 26.2 Å². The van der Waals surface area contributed by atoms with Crippen LogP contribution in [-0.2, 0) is 21.1 Å². The van der Waals surface area contributed by atoms with E-state index < -0.39 is 0 Å². The van der Waals surface area contributed by atoms with Crippen molar-refractivity contribution in [3.05, 3.63) is 134 Å². The number of para-hydroxylation sites is 2. The number of phenols is 1. The molecule has 0 atom stereocenters. The number of phenolic OH excluding ortho intramolecular Hbond substituents is 1. The molecule has 7 heteroatoms. The molecule has 0 spiro atoms. The molecule has 0 aliphatic carbocycles. The molecule has 0 unspecified atom stereocenters. The average Bonchev–Trinajstić information content (AvgIpc) is 3.07. The van der Waals surface area contributed by atoms with Gasteiger partial charge in [0, 0.05) is 44.1 Å². The molecule has 0 saturated carbocycles. The van der Waals surface area contributed by atoms with Gasteiger partial charge in [0.05, 0.1) is 34.0 Å². The first kappa shape index (κ1) is 27.5. The Morgan fingerprint density at radius 2 is 1.23 bits per heavy atom. The van der Waals surface area contributed by atoms with Crippen LogP contribution < -0.4 is 0 Å². The number of benzene rings is 5. The van der Waals surface area contributed by atoms with Gasteiger partial charge in [-0.3, -0.25) is 4.98 Å². The smallest absolute Gasteiger partial charge is 0.127 e. The molecular formula is C37H22N5OPt-. The van der Waals surface area contributed by atoms with Gasteiger partial charge in [-0.1, -0.05) is 83.9 Å². The normalized spacial score (nSPS) is 11.1. The first-order valence-corrected chi connectivity index (χ1v) is 13.9. The number of aromatic hydroxyl groups is 1. The van der Waals surface area contributed by atoms with Gasteiger partial charge < -0.3 is 5.11 Å². The summed E-state index contributed by atoms with van der Waals surface area (Å²) in [5.74, 6) is 0.0875. The molecule has 0 aliphatic rings. The van der Waals surface area contributed by atoms with Crippen molar-refractivity contribution in [2.75, 3.05) is 0 Å². The van der Waals surface area contributed by atoms with E-state index in [4.69, 9.17) is 15.0 Å². The summed E-state index contributed by atoms with van der Waals surface area (Å²) in [5.41, 5.74) is 9.18. The van der Waals surface area contributed by atoms with E-state index >= 15 is 0 Å². The first-order valence-electron chi connectivity index (χ1n) is 13.9. The Kier molecular flexibility index (Phi) is 7.13. The third-order valence-electron chi connectivity index (χ3n) is 7.56. The van der Waals surface area contributed by atoms with E-state index in [1.807, 2.05) is 97.1 Å². The maximum atomic E-state index is 11.2. The van der Waals surface area contributed by atoms with Crippen molar-refractivity contribution >= 4 is 32.8 Å². The molecule has 0 fully saturated rings. The molecule has 8 aromatic rings. The fourth-order valence-corrected chi connectivity index (χ4v) is 5.45. The molecule has 3 aromatic heterocycles. The minimum atomic E-state index is 0. The summed E-state index contributed by atoms with van der Waals surface area (Å²) in [7, 11) is 0. The third-order valence-corrected chi connectivity index (χ3v) is 7.56. The van der Waals surface area contributed by atoms with E-state index in [-0.39, 0.29) is 26.8 Å². The Morgan fingerprint density at radius 1 is 0.545 bits per heavy atom. The van der Waals surface area contributed by atoms with Crippen LogP contribution in [0.25, 0.3) is 77.7 Å². The van der Waals surface area contributed by atoms with Crippen LogP contribution in [-0.4, -0.2) is 30.3 Å². The van der Waals surface area contributed by atoms with Crippen LogP contribution in [0.1, 0.15) is 0 Å². The topological polar surface area (TPSA) is 84.7 Å². The number of hydrogen-bond donors (Lipinski definition) is 1. The number of rotatable bonds is 4. The summed E-state index contributed by atoms with van der Waals surface area (Å²) >= 11 is 0. The second kappa shape index (κ2) is 11.4. The van der Waals surface area contributed by atoms with Gasteiger partial charge in [-0.2, -0.15) is 10.2 Å². The van der Waals surface area contributed by atoms with Gasteiger partial charge in [-0.05, 0) is 46.2 Å². The maximum absolute atomic E-state index is 11.2. The number of aromatic nitrogens is 5. The first-order chi connectivity index (χ1) is 21.2. The molecule has 0 bridgehead atoms. The fraction of sp³-hybridized carbons (Fsp3) is 0. The number of pyridine rings is 1. The summed E-state index contributed by atoms with van der Waals surface area (Å²) in [4.78, 5) is 14.6. The summed E-state index contributed by atoms with van der Waals surface area (Å²) in [5, 5.41) is 21.9. The Bertz CT molecular complexity index is 2320. The van der Waals surface area contributed by atoms with Crippen molar-refractivity contribution in [2.24, 2.45) is 0 Å². The summed E-state index contributed by atoms with van der Waals surface area (Å²) in [6.07, 6.45) is 1.77. The average molecular weight is 748 g/mol. The van der Waals surface area contributed by atoms with E-state index in [0.29, 0.717) is 22.3 Å². The van der Waals surface area contributed by atoms with Gasteiger partial charge in [0.1, 0.15) is 5.75 Å². The number of fused-ring (bicyclic) bond motifs is 3. The zero-order valence-corrected chi connectivity index (χ0v) is 25.4. The summed E-state index contributed by atoms with van der Waals surface area (Å²) < 4.78 is 0. The third kappa shape index (κ3) is 5.00. The van der Waals surface area contributed by atoms with Crippen LogP contribution in [0, 0.1) is 6.07 Å². The van der Waals surface area contributed by atoms with Crippen LogP contribution in [0.2, 0.25) is 0 Å². The molecule has 8 rings (SSSR count). The second-order valence-electron chi connectivity index (χ2n) is 10.3. The van der Waals surface area contributed by atoms with Gasteiger partial charge in [0.2, 0.25) is 0 Å². The Labute approximate surface area is 267 Å².